The Bertz CT molecular complexity index is 1860. The van der Waals surface area contributed by atoms with E-state index in [1.165, 1.54) is 25.3 Å². The van der Waals surface area contributed by atoms with Crippen molar-refractivity contribution < 1.29 is 41.0 Å². The number of rotatable bonds is 13. The number of amides is 1. The molecule has 2 heterocycles. The number of halogens is 2. The molecule has 250 valence electrons. The minimum atomic E-state index is -4.42. The predicted octanol–water partition coefficient (Wildman–Crippen LogP) is 4.68. The summed E-state index contributed by atoms with van der Waals surface area (Å²) < 4.78 is 70.9. The van der Waals surface area contributed by atoms with Crippen LogP contribution in [0.1, 0.15) is 28.8 Å². The molecular formula is C32H35F2N5O7S. The van der Waals surface area contributed by atoms with E-state index < -0.39 is 38.4 Å². The Morgan fingerprint density at radius 1 is 0.894 bits per heavy atom. The van der Waals surface area contributed by atoms with Crippen LogP contribution in [0.3, 0.4) is 0 Å². The molecule has 2 N–H and O–H groups in total. The van der Waals surface area contributed by atoms with E-state index in [1.54, 1.807) is 13.2 Å². The van der Waals surface area contributed by atoms with Gasteiger partial charge in [0.2, 0.25) is 9.84 Å². The van der Waals surface area contributed by atoms with Crippen molar-refractivity contribution in [3.63, 3.8) is 0 Å². The Kier molecular flexibility index (Phi) is 10.8. The zero-order chi connectivity index (χ0) is 33.6. The lowest BCUT2D eigenvalue weighted by Gasteiger charge is -2.17. The molecule has 0 saturated carbocycles. The third-order valence-electron chi connectivity index (χ3n) is 7.58. The Hall–Kier alpha value is -4.44. The van der Waals surface area contributed by atoms with Crippen molar-refractivity contribution in [1.29, 1.82) is 0 Å². The molecule has 1 aliphatic rings. The molecule has 4 aromatic rings. The quantitative estimate of drug-likeness (QED) is 0.193. The molecule has 3 aromatic carbocycles. The molecule has 1 fully saturated rings. The standard InChI is InChI=1S/C32H35F2N5O7S/c1-44-12-9-35-28-15-21(20-38-10-3-4-11-38)5-7-26(28)31(40)36-30-27-19-24(47(42,43)25-17-22(33)16-23(34)18-25)6-8-29(27)39(37-30)32(41)46-14-13-45-2/h5-8,15-19,35H,3-4,9-14,20H2,1-2H3,(H,36,37,40). The lowest BCUT2D eigenvalue weighted by molar-refractivity contribution is 0.0980. The van der Waals surface area contributed by atoms with E-state index in [0.717, 1.165) is 42.7 Å². The fourth-order valence-electron chi connectivity index (χ4n) is 5.28. The highest BCUT2D eigenvalue weighted by Crippen LogP contribution is 2.31. The van der Waals surface area contributed by atoms with Crippen molar-refractivity contribution in [1.82, 2.24) is 14.7 Å². The first kappa shape index (κ1) is 33.9. The summed E-state index contributed by atoms with van der Waals surface area (Å²) in [5, 5.41) is 10.3. The van der Waals surface area contributed by atoms with E-state index in [0.29, 0.717) is 37.0 Å². The number of carbonyl (C=O) groups excluding carboxylic acids is 2. The van der Waals surface area contributed by atoms with Gasteiger partial charge in [-0.05, 0) is 74.0 Å². The van der Waals surface area contributed by atoms with Gasteiger partial charge in [-0.2, -0.15) is 4.68 Å². The number of anilines is 2. The van der Waals surface area contributed by atoms with Crippen molar-refractivity contribution in [3.8, 4) is 0 Å². The molecule has 15 heteroatoms. The summed E-state index contributed by atoms with van der Waals surface area (Å²) >= 11 is 0. The van der Waals surface area contributed by atoms with E-state index in [9.17, 15) is 26.8 Å². The maximum atomic E-state index is 13.9. The fraction of sp³-hybridized carbons (Fsp3) is 0.344. The van der Waals surface area contributed by atoms with Crippen molar-refractivity contribution in [2.24, 2.45) is 0 Å². The van der Waals surface area contributed by atoms with Gasteiger partial charge in [0.05, 0.1) is 34.1 Å². The van der Waals surface area contributed by atoms with E-state index in [-0.39, 0.29) is 40.4 Å². The number of fused-ring (bicyclic) bond motifs is 1. The lowest BCUT2D eigenvalue weighted by atomic mass is 10.1. The molecule has 1 aliphatic heterocycles. The van der Waals surface area contributed by atoms with Gasteiger partial charge in [-0.3, -0.25) is 9.69 Å². The average molecular weight is 672 g/mol. The Morgan fingerprint density at radius 2 is 1.62 bits per heavy atom. The fourth-order valence-corrected chi connectivity index (χ4v) is 6.61. The summed E-state index contributed by atoms with van der Waals surface area (Å²) in [6.45, 7) is 3.59. The van der Waals surface area contributed by atoms with Gasteiger partial charge in [0.15, 0.2) is 5.82 Å². The van der Waals surface area contributed by atoms with Gasteiger partial charge in [-0.1, -0.05) is 6.07 Å². The minimum Gasteiger partial charge on any atom is -0.445 e. The number of nitrogens with zero attached hydrogens (tertiary/aromatic N) is 3. The van der Waals surface area contributed by atoms with E-state index >= 15 is 0 Å². The van der Waals surface area contributed by atoms with Crippen molar-refractivity contribution in [3.05, 3.63) is 77.4 Å². The highest BCUT2D eigenvalue weighted by atomic mass is 32.2. The average Bonchev–Trinajstić information content (AvgIpc) is 3.68. The largest absolute Gasteiger partial charge is 0.445 e. The number of sulfone groups is 1. The normalized spacial score (nSPS) is 13.6. The van der Waals surface area contributed by atoms with Crippen molar-refractivity contribution in [2.45, 2.75) is 29.2 Å². The van der Waals surface area contributed by atoms with Crippen LogP contribution in [0.4, 0.5) is 25.1 Å². The summed E-state index contributed by atoms with van der Waals surface area (Å²) in [4.78, 5) is 28.1. The summed E-state index contributed by atoms with van der Waals surface area (Å²) in [5.74, 6) is -2.85. The third kappa shape index (κ3) is 7.93. The van der Waals surface area contributed by atoms with Crippen molar-refractivity contribution in [2.75, 3.05) is 64.3 Å². The van der Waals surface area contributed by atoms with Crippen LogP contribution in [-0.2, 0) is 30.6 Å². The summed E-state index contributed by atoms with van der Waals surface area (Å²) in [7, 11) is -1.42. The molecule has 47 heavy (non-hydrogen) atoms. The monoisotopic (exact) mass is 671 g/mol. The van der Waals surface area contributed by atoms with Crippen LogP contribution in [0.2, 0.25) is 0 Å². The van der Waals surface area contributed by atoms with Crippen molar-refractivity contribution >= 4 is 44.2 Å². The van der Waals surface area contributed by atoms with Crippen LogP contribution in [0.25, 0.3) is 10.9 Å². The molecule has 1 aromatic heterocycles. The summed E-state index contributed by atoms with van der Waals surface area (Å²) in [6, 6.07) is 11.0. The first-order valence-electron chi connectivity index (χ1n) is 14.9. The Morgan fingerprint density at radius 3 is 2.32 bits per heavy atom. The molecule has 1 saturated heterocycles. The molecule has 1 amide bonds. The van der Waals surface area contributed by atoms with Gasteiger partial charge >= 0.3 is 6.09 Å². The van der Waals surface area contributed by atoms with E-state index in [1.807, 2.05) is 12.1 Å². The predicted molar refractivity (Wildman–Crippen MR) is 169 cm³/mol. The topological polar surface area (TPSA) is 141 Å². The highest BCUT2D eigenvalue weighted by molar-refractivity contribution is 7.91. The van der Waals surface area contributed by atoms with Crippen LogP contribution >= 0.6 is 0 Å². The molecule has 0 unspecified atom stereocenters. The van der Waals surface area contributed by atoms with Crippen LogP contribution in [-0.4, -0.2) is 88.8 Å². The van der Waals surface area contributed by atoms with Gasteiger partial charge in [0, 0.05) is 44.4 Å². The number of benzene rings is 3. The van der Waals surface area contributed by atoms with Crippen LogP contribution in [0.5, 0.6) is 0 Å². The number of hydrogen-bond donors (Lipinski definition) is 2. The zero-order valence-electron chi connectivity index (χ0n) is 25.9. The Labute approximate surface area is 270 Å². The third-order valence-corrected chi connectivity index (χ3v) is 9.31. The van der Waals surface area contributed by atoms with Crippen LogP contribution in [0.15, 0.2) is 64.4 Å². The summed E-state index contributed by atoms with van der Waals surface area (Å²) in [6.07, 6.45) is 1.38. The SMILES string of the molecule is COCCNc1cc(CN2CCCC2)ccc1C(=O)Nc1nn(C(=O)OCCOC)c2ccc(S(=O)(=O)c3cc(F)cc(F)c3)cc12. The van der Waals surface area contributed by atoms with Gasteiger partial charge in [0.1, 0.15) is 18.2 Å². The molecule has 0 aliphatic carbocycles. The number of carbonyl (C=O) groups is 2. The number of likely N-dealkylation sites (tertiary alicyclic amines) is 1. The van der Waals surface area contributed by atoms with E-state index in [4.69, 9.17) is 14.2 Å². The molecule has 0 spiro atoms. The second-order valence-electron chi connectivity index (χ2n) is 10.9. The summed E-state index contributed by atoms with van der Waals surface area (Å²) in [5.41, 5.74) is 1.96. The molecule has 12 nitrogen and oxygen atoms in total. The second-order valence-corrected chi connectivity index (χ2v) is 12.8. The smallest absolute Gasteiger partial charge is 0.435 e. The maximum Gasteiger partial charge on any atom is 0.435 e. The lowest BCUT2D eigenvalue weighted by Crippen LogP contribution is -2.20. The maximum absolute atomic E-state index is 13.9. The molecule has 0 atom stereocenters. The number of hydrogen-bond acceptors (Lipinski definition) is 10. The molecule has 0 bridgehead atoms. The first-order valence-corrected chi connectivity index (χ1v) is 16.4. The number of ether oxygens (including phenoxy) is 3. The second kappa shape index (κ2) is 15.0. The Balaban J connectivity index is 1.53. The number of aromatic nitrogens is 2. The van der Waals surface area contributed by atoms with E-state index in [2.05, 4.69) is 20.6 Å². The number of nitrogens with one attached hydrogen (secondary N) is 2. The highest BCUT2D eigenvalue weighted by Gasteiger charge is 2.25. The van der Waals surface area contributed by atoms with Gasteiger partial charge < -0.3 is 24.8 Å². The first-order chi connectivity index (χ1) is 22.6. The zero-order valence-corrected chi connectivity index (χ0v) is 26.7. The number of methoxy groups -OCH3 is 2. The molecule has 0 radical (unpaired) electrons. The minimum absolute atomic E-state index is 0.0690. The van der Waals surface area contributed by atoms with Gasteiger partial charge in [-0.25, -0.2) is 22.0 Å². The van der Waals surface area contributed by atoms with Gasteiger partial charge in [-0.15, -0.1) is 5.10 Å². The molecular weight excluding hydrogens is 636 g/mol. The van der Waals surface area contributed by atoms with Crippen LogP contribution < -0.4 is 10.6 Å². The van der Waals surface area contributed by atoms with Crippen LogP contribution in [0, 0.1) is 11.6 Å². The molecule has 5 rings (SSSR count). The van der Waals surface area contributed by atoms with Gasteiger partial charge in [0.25, 0.3) is 5.91 Å².